The molecule has 2 aromatic carbocycles. The fraction of sp³-hybridized carbons (Fsp3) is 0.143. The number of aromatic nitrogens is 2. The fourth-order valence-electron chi connectivity index (χ4n) is 4.31. The Morgan fingerprint density at radius 1 is 1.08 bits per heavy atom. The van der Waals surface area contributed by atoms with Gasteiger partial charge in [0.05, 0.1) is 41.5 Å². The molecule has 0 saturated heterocycles. The Hall–Kier alpha value is -4.30. The standard InChI is InChI=1S/C28H23N3O4S/c1-17-26(36-27(30-17)18-9-4-3-5-10-18)24(32)22-23(19-11-8-13-21(15-19)35-2)31(28(34)25(22)33)16-20-12-6-7-14-29-20/h3-15,23,33H,16H2,1-2H3. The molecule has 1 unspecified atom stereocenters. The number of carbonyl (C=O) groups is 2. The van der Waals surface area contributed by atoms with Crippen LogP contribution >= 0.6 is 11.3 Å². The van der Waals surface area contributed by atoms with Gasteiger partial charge in [-0.1, -0.05) is 48.5 Å². The van der Waals surface area contributed by atoms with Crippen LogP contribution in [0.1, 0.15) is 32.7 Å². The maximum atomic E-state index is 13.9. The Balaban J connectivity index is 1.59. The summed E-state index contributed by atoms with van der Waals surface area (Å²) >= 11 is 1.25. The molecule has 0 aliphatic carbocycles. The SMILES string of the molecule is COc1cccc(C2C(C(=O)c3sc(-c4ccccc4)nc3C)=C(O)C(=O)N2Cc2ccccn2)c1. The van der Waals surface area contributed by atoms with Gasteiger partial charge < -0.3 is 14.7 Å². The zero-order valence-electron chi connectivity index (χ0n) is 19.7. The first-order chi connectivity index (χ1) is 17.5. The molecule has 0 radical (unpaired) electrons. The van der Waals surface area contributed by atoms with Crippen molar-refractivity contribution in [1.82, 2.24) is 14.9 Å². The number of aliphatic hydroxyl groups excluding tert-OH is 1. The van der Waals surface area contributed by atoms with Crippen LogP contribution in [0, 0.1) is 6.92 Å². The Morgan fingerprint density at radius 3 is 2.58 bits per heavy atom. The summed E-state index contributed by atoms with van der Waals surface area (Å²) in [5.41, 5.74) is 2.75. The van der Waals surface area contributed by atoms with E-state index in [2.05, 4.69) is 9.97 Å². The molecular formula is C28H23N3O4S. The lowest BCUT2D eigenvalue weighted by Crippen LogP contribution is -2.31. The van der Waals surface area contributed by atoms with Crippen LogP contribution < -0.4 is 4.74 Å². The molecule has 8 heteroatoms. The van der Waals surface area contributed by atoms with Gasteiger partial charge in [-0.05, 0) is 36.8 Å². The van der Waals surface area contributed by atoms with E-state index in [0.29, 0.717) is 32.6 Å². The molecule has 0 fully saturated rings. The molecule has 2 aromatic heterocycles. The summed E-state index contributed by atoms with van der Waals surface area (Å²) in [4.78, 5) is 38.0. The number of carbonyl (C=O) groups excluding carboxylic acids is 2. The molecule has 3 heterocycles. The van der Waals surface area contributed by atoms with Gasteiger partial charge in [-0.2, -0.15) is 0 Å². The maximum absolute atomic E-state index is 13.9. The molecule has 0 spiro atoms. The number of amides is 1. The van der Waals surface area contributed by atoms with Gasteiger partial charge in [0.25, 0.3) is 5.91 Å². The highest BCUT2D eigenvalue weighted by Crippen LogP contribution is 2.42. The van der Waals surface area contributed by atoms with Crippen molar-refractivity contribution in [3.05, 3.63) is 112 Å². The zero-order chi connectivity index (χ0) is 25.2. The minimum Gasteiger partial charge on any atom is -0.503 e. The van der Waals surface area contributed by atoms with Crippen LogP contribution in [0.2, 0.25) is 0 Å². The quantitative estimate of drug-likeness (QED) is 0.348. The molecule has 180 valence electrons. The largest absolute Gasteiger partial charge is 0.503 e. The van der Waals surface area contributed by atoms with E-state index >= 15 is 0 Å². The Bertz CT molecular complexity index is 1460. The molecule has 0 bridgehead atoms. The number of aliphatic hydroxyl groups is 1. The first-order valence-electron chi connectivity index (χ1n) is 11.3. The monoisotopic (exact) mass is 497 g/mol. The lowest BCUT2D eigenvalue weighted by molar-refractivity contribution is -0.130. The van der Waals surface area contributed by atoms with Crippen LogP contribution in [0.5, 0.6) is 5.75 Å². The Morgan fingerprint density at radius 2 is 1.86 bits per heavy atom. The summed E-state index contributed by atoms with van der Waals surface area (Å²) in [6.45, 7) is 1.89. The van der Waals surface area contributed by atoms with E-state index in [-0.39, 0.29) is 12.1 Å². The molecule has 1 N–H and O–H groups in total. The average molecular weight is 498 g/mol. The number of ether oxygens (including phenoxy) is 1. The number of nitrogens with zero attached hydrogens (tertiary/aromatic N) is 3. The predicted octanol–water partition coefficient (Wildman–Crippen LogP) is 5.30. The van der Waals surface area contributed by atoms with Crippen molar-refractivity contribution in [1.29, 1.82) is 0 Å². The number of hydrogen-bond acceptors (Lipinski definition) is 7. The molecule has 36 heavy (non-hydrogen) atoms. The van der Waals surface area contributed by atoms with Gasteiger partial charge in [-0.3, -0.25) is 14.6 Å². The summed E-state index contributed by atoms with van der Waals surface area (Å²) in [6, 6.07) is 21.3. The van der Waals surface area contributed by atoms with Crippen LogP contribution in [0.15, 0.2) is 90.3 Å². The summed E-state index contributed by atoms with van der Waals surface area (Å²) < 4.78 is 5.39. The number of hydrogen-bond donors (Lipinski definition) is 1. The van der Waals surface area contributed by atoms with E-state index in [9.17, 15) is 14.7 Å². The first kappa shape index (κ1) is 23.4. The second-order valence-corrected chi connectivity index (χ2v) is 9.32. The van der Waals surface area contributed by atoms with Gasteiger partial charge in [-0.15, -0.1) is 11.3 Å². The average Bonchev–Trinajstić information content (AvgIpc) is 3.42. The third-order valence-electron chi connectivity index (χ3n) is 6.04. The summed E-state index contributed by atoms with van der Waals surface area (Å²) in [6.07, 6.45) is 1.64. The summed E-state index contributed by atoms with van der Waals surface area (Å²) in [5.74, 6) is -1.02. The number of pyridine rings is 1. The van der Waals surface area contributed by atoms with Crippen LogP contribution in [-0.4, -0.2) is 38.8 Å². The summed E-state index contributed by atoms with van der Waals surface area (Å²) in [5, 5.41) is 11.7. The summed E-state index contributed by atoms with van der Waals surface area (Å²) in [7, 11) is 1.55. The molecule has 1 aliphatic heterocycles. The molecule has 1 aliphatic rings. The van der Waals surface area contributed by atoms with E-state index in [1.54, 1.807) is 50.6 Å². The number of methoxy groups -OCH3 is 1. The number of rotatable bonds is 7. The molecule has 5 rings (SSSR count). The van der Waals surface area contributed by atoms with Gasteiger partial charge in [0.1, 0.15) is 10.8 Å². The maximum Gasteiger partial charge on any atom is 0.290 e. The van der Waals surface area contributed by atoms with E-state index in [4.69, 9.17) is 4.74 Å². The number of benzene rings is 2. The first-order valence-corrected chi connectivity index (χ1v) is 12.1. The number of thiazole rings is 1. The minimum absolute atomic E-state index is 0.0237. The number of aryl methyl sites for hydroxylation is 1. The zero-order valence-corrected chi connectivity index (χ0v) is 20.5. The predicted molar refractivity (Wildman–Crippen MR) is 137 cm³/mol. The smallest absolute Gasteiger partial charge is 0.290 e. The Kier molecular flexibility index (Phi) is 6.35. The van der Waals surface area contributed by atoms with Crippen molar-refractivity contribution in [3.63, 3.8) is 0 Å². The van der Waals surface area contributed by atoms with Gasteiger partial charge in [-0.25, -0.2) is 4.98 Å². The van der Waals surface area contributed by atoms with Crippen LogP contribution in [0.25, 0.3) is 10.6 Å². The van der Waals surface area contributed by atoms with Crippen LogP contribution in [0.4, 0.5) is 0 Å². The molecule has 7 nitrogen and oxygen atoms in total. The van der Waals surface area contributed by atoms with E-state index < -0.39 is 23.5 Å². The van der Waals surface area contributed by atoms with Gasteiger partial charge >= 0.3 is 0 Å². The van der Waals surface area contributed by atoms with E-state index in [0.717, 1.165) is 5.56 Å². The lowest BCUT2D eigenvalue weighted by Gasteiger charge is -2.26. The highest BCUT2D eigenvalue weighted by Gasteiger charge is 2.44. The second-order valence-electron chi connectivity index (χ2n) is 8.32. The molecule has 0 saturated carbocycles. The van der Waals surface area contributed by atoms with Crippen molar-refractivity contribution in [2.24, 2.45) is 0 Å². The van der Waals surface area contributed by atoms with Crippen molar-refractivity contribution in [2.45, 2.75) is 19.5 Å². The molecule has 4 aromatic rings. The van der Waals surface area contributed by atoms with E-state index in [1.165, 1.54) is 16.2 Å². The lowest BCUT2D eigenvalue weighted by atomic mass is 9.95. The highest BCUT2D eigenvalue weighted by atomic mass is 32.1. The van der Waals surface area contributed by atoms with Crippen molar-refractivity contribution < 1.29 is 19.4 Å². The van der Waals surface area contributed by atoms with Gasteiger partial charge in [0.15, 0.2) is 5.76 Å². The van der Waals surface area contributed by atoms with Gasteiger partial charge in [0.2, 0.25) is 5.78 Å². The second kappa shape index (κ2) is 9.75. The van der Waals surface area contributed by atoms with Crippen LogP contribution in [-0.2, 0) is 11.3 Å². The third kappa shape index (κ3) is 4.27. The fourth-order valence-corrected chi connectivity index (χ4v) is 5.33. The molecule has 1 amide bonds. The number of Topliss-reactive ketones (excluding diaryl/α,β-unsaturated/α-hetero) is 1. The van der Waals surface area contributed by atoms with Crippen molar-refractivity contribution in [3.8, 4) is 16.3 Å². The third-order valence-corrected chi connectivity index (χ3v) is 7.25. The van der Waals surface area contributed by atoms with Gasteiger partial charge in [0, 0.05) is 11.8 Å². The van der Waals surface area contributed by atoms with Crippen molar-refractivity contribution >= 4 is 23.0 Å². The highest BCUT2D eigenvalue weighted by molar-refractivity contribution is 7.17. The number of ketones is 1. The van der Waals surface area contributed by atoms with E-state index in [1.807, 2.05) is 42.5 Å². The van der Waals surface area contributed by atoms with Crippen molar-refractivity contribution in [2.75, 3.05) is 7.11 Å². The molecular weight excluding hydrogens is 474 g/mol. The normalized spacial score (nSPS) is 15.4. The molecule has 1 atom stereocenters. The minimum atomic E-state index is -0.816. The Labute approximate surface area is 212 Å². The topological polar surface area (TPSA) is 92.6 Å². The van der Waals surface area contributed by atoms with Crippen LogP contribution in [0.3, 0.4) is 0 Å².